The Hall–Kier alpha value is -2.12. The number of rotatable bonds is 11. The maximum Gasteiger partial charge on any atom is 0.407 e. The first-order valence-electron chi connectivity index (χ1n) is 12.2. The van der Waals surface area contributed by atoms with Gasteiger partial charge in [0.05, 0.1) is 18.6 Å². The number of aliphatic hydroxyl groups is 1. The molecule has 7 nitrogen and oxygen atoms in total. The van der Waals surface area contributed by atoms with Crippen LogP contribution in [-0.2, 0) is 15.1 Å². The molecule has 1 aromatic rings. The maximum atomic E-state index is 12.7. The minimum absolute atomic E-state index is 0.0444. The number of amides is 1. The molecule has 0 heterocycles. The van der Waals surface area contributed by atoms with Crippen LogP contribution in [0.25, 0.3) is 0 Å². The Balaban J connectivity index is 2.06. The van der Waals surface area contributed by atoms with E-state index in [-0.39, 0.29) is 24.2 Å². The predicted molar refractivity (Wildman–Crippen MR) is 129 cm³/mol. The molecule has 2 rings (SSSR count). The molecule has 0 aliphatic heterocycles. The first kappa shape index (κ1) is 27.1. The molecular weight excluding hydrogens is 420 g/mol. The van der Waals surface area contributed by atoms with Gasteiger partial charge in [-0.05, 0) is 69.8 Å². The summed E-state index contributed by atoms with van der Waals surface area (Å²) in [6, 6.07) is 7.32. The van der Waals surface area contributed by atoms with Crippen molar-refractivity contribution < 1.29 is 24.2 Å². The molecule has 1 fully saturated rings. The fraction of sp³-hybridized carbons (Fsp3) is 0.692. The topological polar surface area (TPSA) is 88.1 Å². The van der Waals surface area contributed by atoms with Gasteiger partial charge >= 0.3 is 12.1 Å². The normalized spacial score (nSPS) is 21.6. The van der Waals surface area contributed by atoms with Crippen molar-refractivity contribution in [3.8, 4) is 5.75 Å². The fourth-order valence-electron chi connectivity index (χ4n) is 4.84. The summed E-state index contributed by atoms with van der Waals surface area (Å²) in [5.74, 6) is 0.573. The van der Waals surface area contributed by atoms with E-state index in [9.17, 15) is 14.7 Å². The molecule has 33 heavy (non-hydrogen) atoms. The SMILES string of the molecule is CCOC(=O)NCC(CC(=O)Oc1cccc([C@]2(O)CCCC[C@@H]2CN(C)C)c1)CC(C)C. The smallest absolute Gasteiger partial charge is 0.407 e. The summed E-state index contributed by atoms with van der Waals surface area (Å²) in [5.41, 5.74) is -0.114. The van der Waals surface area contributed by atoms with Crippen LogP contribution in [0.4, 0.5) is 4.79 Å². The van der Waals surface area contributed by atoms with Crippen molar-refractivity contribution in [1.82, 2.24) is 10.2 Å². The van der Waals surface area contributed by atoms with E-state index in [2.05, 4.69) is 24.1 Å². The zero-order valence-corrected chi connectivity index (χ0v) is 20.9. The Morgan fingerprint density at radius 2 is 2.03 bits per heavy atom. The van der Waals surface area contributed by atoms with Gasteiger partial charge in [-0.25, -0.2) is 4.79 Å². The monoisotopic (exact) mass is 462 g/mol. The summed E-state index contributed by atoms with van der Waals surface area (Å²) in [6.07, 6.45) is 4.29. The molecule has 1 aliphatic rings. The fourth-order valence-corrected chi connectivity index (χ4v) is 4.84. The van der Waals surface area contributed by atoms with Crippen LogP contribution in [0.5, 0.6) is 5.75 Å². The first-order chi connectivity index (χ1) is 15.6. The Kier molecular flexibility index (Phi) is 10.6. The maximum absolute atomic E-state index is 12.7. The number of nitrogens with zero attached hydrogens (tertiary/aromatic N) is 1. The highest BCUT2D eigenvalue weighted by atomic mass is 16.5. The second kappa shape index (κ2) is 12.9. The molecule has 186 valence electrons. The standard InChI is InChI=1S/C26H42N2O5/c1-6-32-25(30)27-17-20(14-19(2)3)15-24(29)33-23-12-9-11-21(16-23)26(31)13-8-7-10-22(26)18-28(4)5/h9,11-12,16,19-20,22,31H,6-8,10,13-15,17-18H2,1-5H3,(H,27,30)/t20?,22-,26-/m1/s1. The molecular formula is C26H42N2O5. The molecule has 7 heteroatoms. The molecule has 0 aromatic heterocycles. The third-order valence-corrected chi connectivity index (χ3v) is 6.26. The number of esters is 1. The molecule has 1 saturated carbocycles. The van der Waals surface area contributed by atoms with Crippen LogP contribution >= 0.6 is 0 Å². The van der Waals surface area contributed by atoms with Crippen molar-refractivity contribution >= 4 is 12.1 Å². The summed E-state index contributed by atoms with van der Waals surface area (Å²) >= 11 is 0. The lowest BCUT2D eigenvalue weighted by Crippen LogP contribution is -2.43. The second-order valence-corrected chi connectivity index (χ2v) is 9.93. The third kappa shape index (κ3) is 8.63. The van der Waals surface area contributed by atoms with E-state index in [4.69, 9.17) is 9.47 Å². The summed E-state index contributed by atoms with van der Waals surface area (Å²) in [7, 11) is 4.05. The molecule has 0 bridgehead atoms. The van der Waals surface area contributed by atoms with Crippen LogP contribution < -0.4 is 10.1 Å². The number of ether oxygens (including phenoxy) is 2. The van der Waals surface area contributed by atoms with Crippen molar-refractivity contribution in [3.63, 3.8) is 0 Å². The van der Waals surface area contributed by atoms with Crippen LogP contribution in [0.3, 0.4) is 0 Å². The zero-order valence-electron chi connectivity index (χ0n) is 20.9. The van der Waals surface area contributed by atoms with Crippen LogP contribution in [0.15, 0.2) is 24.3 Å². The van der Waals surface area contributed by atoms with Gasteiger partial charge in [0.2, 0.25) is 0 Å². The van der Waals surface area contributed by atoms with Gasteiger partial charge in [0.25, 0.3) is 0 Å². The summed E-state index contributed by atoms with van der Waals surface area (Å²) in [5, 5.41) is 14.3. The lowest BCUT2D eigenvalue weighted by molar-refractivity contribution is -0.135. The summed E-state index contributed by atoms with van der Waals surface area (Å²) in [6.45, 7) is 7.40. The van der Waals surface area contributed by atoms with Crippen molar-refractivity contribution in [3.05, 3.63) is 29.8 Å². The summed E-state index contributed by atoms with van der Waals surface area (Å²) in [4.78, 5) is 26.5. The molecule has 3 atom stereocenters. The van der Waals surface area contributed by atoms with Gasteiger partial charge in [-0.1, -0.05) is 38.8 Å². The number of carbonyl (C=O) groups is 2. The molecule has 0 spiro atoms. The minimum atomic E-state index is -0.922. The number of nitrogens with one attached hydrogen (secondary N) is 1. The Morgan fingerprint density at radius 1 is 1.27 bits per heavy atom. The number of alkyl carbamates (subject to hydrolysis) is 1. The van der Waals surface area contributed by atoms with Gasteiger partial charge in [-0.15, -0.1) is 0 Å². The Morgan fingerprint density at radius 3 is 2.70 bits per heavy atom. The molecule has 1 unspecified atom stereocenters. The van der Waals surface area contributed by atoms with Crippen LogP contribution in [0.2, 0.25) is 0 Å². The summed E-state index contributed by atoms with van der Waals surface area (Å²) < 4.78 is 10.6. The predicted octanol–water partition coefficient (Wildman–Crippen LogP) is 4.33. The van der Waals surface area contributed by atoms with E-state index in [1.54, 1.807) is 19.1 Å². The molecule has 2 N–H and O–H groups in total. The van der Waals surface area contributed by atoms with Gasteiger partial charge in [-0.3, -0.25) is 4.79 Å². The zero-order chi connectivity index (χ0) is 24.4. The van der Waals surface area contributed by atoms with Gasteiger partial charge in [-0.2, -0.15) is 0 Å². The van der Waals surface area contributed by atoms with E-state index >= 15 is 0 Å². The van der Waals surface area contributed by atoms with Gasteiger partial charge in [0.1, 0.15) is 5.75 Å². The van der Waals surface area contributed by atoms with Crippen molar-refractivity contribution in [2.75, 3.05) is 33.8 Å². The second-order valence-electron chi connectivity index (χ2n) is 9.93. The lowest BCUT2D eigenvalue weighted by Gasteiger charge is -2.41. The van der Waals surface area contributed by atoms with E-state index in [0.717, 1.165) is 37.8 Å². The van der Waals surface area contributed by atoms with Crippen LogP contribution in [0, 0.1) is 17.8 Å². The molecule has 0 radical (unpaired) electrons. The molecule has 1 aliphatic carbocycles. The number of hydrogen-bond donors (Lipinski definition) is 2. The van der Waals surface area contributed by atoms with Crippen molar-refractivity contribution in [2.24, 2.45) is 17.8 Å². The molecule has 0 saturated heterocycles. The average molecular weight is 463 g/mol. The first-order valence-corrected chi connectivity index (χ1v) is 12.2. The van der Waals surface area contributed by atoms with Gasteiger partial charge in [0, 0.05) is 19.0 Å². The number of carbonyl (C=O) groups excluding carboxylic acids is 2. The largest absolute Gasteiger partial charge is 0.450 e. The third-order valence-electron chi connectivity index (χ3n) is 6.26. The van der Waals surface area contributed by atoms with Gasteiger partial charge < -0.3 is 24.8 Å². The average Bonchev–Trinajstić information content (AvgIpc) is 2.73. The van der Waals surface area contributed by atoms with E-state index in [1.807, 2.05) is 26.2 Å². The molecule has 1 amide bonds. The minimum Gasteiger partial charge on any atom is -0.450 e. The van der Waals surface area contributed by atoms with E-state index in [1.165, 1.54) is 0 Å². The Labute approximate surface area is 198 Å². The highest BCUT2D eigenvalue weighted by molar-refractivity contribution is 5.73. The van der Waals surface area contributed by atoms with Crippen LogP contribution in [0.1, 0.15) is 64.9 Å². The van der Waals surface area contributed by atoms with Crippen molar-refractivity contribution in [1.29, 1.82) is 0 Å². The molecule has 1 aromatic carbocycles. The highest BCUT2D eigenvalue weighted by Crippen LogP contribution is 2.42. The van der Waals surface area contributed by atoms with Crippen LogP contribution in [-0.4, -0.2) is 55.9 Å². The number of benzene rings is 1. The lowest BCUT2D eigenvalue weighted by atomic mass is 9.71. The number of hydrogen-bond acceptors (Lipinski definition) is 6. The van der Waals surface area contributed by atoms with E-state index in [0.29, 0.717) is 31.2 Å². The van der Waals surface area contributed by atoms with Crippen molar-refractivity contribution in [2.45, 2.75) is 64.9 Å². The highest BCUT2D eigenvalue weighted by Gasteiger charge is 2.40. The van der Waals surface area contributed by atoms with Gasteiger partial charge in [0.15, 0.2) is 0 Å². The van der Waals surface area contributed by atoms with E-state index < -0.39 is 11.7 Å². The quantitative estimate of drug-likeness (QED) is 0.376. The Bertz CT molecular complexity index is 767.